The molecule has 0 amide bonds. The van der Waals surface area contributed by atoms with Crippen molar-refractivity contribution in [1.82, 2.24) is 15.5 Å². The zero-order valence-corrected chi connectivity index (χ0v) is 9.03. The van der Waals surface area contributed by atoms with Crippen molar-refractivity contribution in [3.63, 3.8) is 0 Å². The Labute approximate surface area is 81.1 Å². The van der Waals surface area contributed by atoms with Gasteiger partial charge in [0.2, 0.25) is 0 Å². The van der Waals surface area contributed by atoms with Crippen LogP contribution in [-0.4, -0.2) is 17.2 Å². The number of halogens is 1. The summed E-state index contributed by atoms with van der Waals surface area (Å²) in [7, 11) is 1.92. The average molecular weight is 232 g/mol. The predicted octanol–water partition coefficient (Wildman–Crippen LogP) is 1.84. The first-order valence-corrected chi connectivity index (χ1v) is 4.95. The van der Waals surface area contributed by atoms with Gasteiger partial charge in [-0.15, -0.1) is 0 Å². The standard InChI is InChI=1S/C8H14BrN3/c1-3-4-6-8(9)7(5-10-2)12-11-6/h10H,3-5H2,1-2H3,(H,11,12). The van der Waals surface area contributed by atoms with Crippen molar-refractivity contribution in [2.45, 2.75) is 26.3 Å². The van der Waals surface area contributed by atoms with Crippen molar-refractivity contribution < 1.29 is 0 Å². The Kier molecular flexibility index (Phi) is 3.75. The Morgan fingerprint density at radius 2 is 2.33 bits per heavy atom. The molecular formula is C8H14BrN3. The lowest BCUT2D eigenvalue weighted by molar-refractivity contribution is 0.780. The molecule has 4 heteroatoms. The third kappa shape index (κ3) is 2.08. The molecule has 0 aliphatic rings. The Morgan fingerprint density at radius 3 is 2.92 bits per heavy atom. The molecule has 0 saturated heterocycles. The van der Waals surface area contributed by atoms with Crippen LogP contribution in [0.3, 0.4) is 0 Å². The van der Waals surface area contributed by atoms with Gasteiger partial charge in [0.15, 0.2) is 0 Å². The molecule has 0 bridgehead atoms. The highest BCUT2D eigenvalue weighted by Crippen LogP contribution is 2.19. The van der Waals surface area contributed by atoms with Crippen LogP contribution in [0.2, 0.25) is 0 Å². The molecule has 0 atom stereocenters. The van der Waals surface area contributed by atoms with E-state index < -0.39 is 0 Å². The molecule has 1 heterocycles. The van der Waals surface area contributed by atoms with E-state index >= 15 is 0 Å². The molecule has 0 aliphatic heterocycles. The number of hydrogen-bond donors (Lipinski definition) is 2. The van der Waals surface area contributed by atoms with E-state index in [4.69, 9.17) is 0 Å². The summed E-state index contributed by atoms with van der Waals surface area (Å²) < 4.78 is 1.12. The van der Waals surface area contributed by atoms with Gasteiger partial charge in [0.25, 0.3) is 0 Å². The first kappa shape index (κ1) is 9.74. The quantitative estimate of drug-likeness (QED) is 0.831. The van der Waals surface area contributed by atoms with Crippen LogP contribution in [0.5, 0.6) is 0 Å². The number of nitrogens with one attached hydrogen (secondary N) is 2. The van der Waals surface area contributed by atoms with Crippen molar-refractivity contribution in [3.05, 3.63) is 15.9 Å². The normalized spacial score (nSPS) is 10.6. The highest BCUT2D eigenvalue weighted by atomic mass is 79.9. The van der Waals surface area contributed by atoms with Gasteiger partial charge in [-0.2, -0.15) is 5.10 Å². The van der Waals surface area contributed by atoms with E-state index in [1.54, 1.807) is 0 Å². The minimum Gasteiger partial charge on any atom is -0.314 e. The Bertz CT molecular complexity index is 221. The third-order valence-corrected chi connectivity index (χ3v) is 2.62. The molecule has 0 spiro atoms. The highest BCUT2D eigenvalue weighted by molar-refractivity contribution is 9.10. The molecule has 0 fully saturated rings. The number of H-pyrrole nitrogens is 1. The van der Waals surface area contributed by atoms with E-state index in [1.807, 2.05) is 7.05 Å². The number of rotatable bonds is 4. The maximum Gasteiger partial charge on any atom is 0.0767 e. The molecule has 3 nitrogen and oxygen atoms in total. The lowest BCUT2D eigenvalue weighted by Crippen LogP contribution is -2.05. The SMILES string of the molecule is CCCc1n[nH]c(CNC)c1Br. The van der Waals surface area contributed by atoms with E-state index in [2.05, 4.69) is 38.4 Å². The second-order valence-electron chi connectivity index (χ2n) is 2.74. The van der Waals surface area contributed by atoms with Crippen LogP contribution in [0.15, 0.2) is 4.47 Å². The smallest absolute Gasteiger partial charge is 0.0767 e. The second kappa shape index (κ2) is 4.62. The maximum atomic E-state index is 4.21. The largest absolute Gasteiger partial charge is 0.314 e. The topological polar surface area (TPSA) is 40.7 Å². The van der Waals surface area contributed by atoms with Gasteiger partial charge in [0.05, 0.1) is 15.9 Å². The number of hydrogen-bond acceptors (Lipinski definition) is 2. The molecule has 1 aromatic rings. The number of aryl methyl sites for hydroxylation is 1. The van der Waals surface area contributed by atoms with Crippen LogP contribution in [-0.2, 0) is 13.0 Å². The Hall–Kier alpha value is -0.350. The van der Waals surface area contributed by atoms with Gasteiger partial charge >= 0.3 is 0 Å². The van der Waals surface area contributed by atoms with Crippen molar-refractivity contribution >= 4 is 15.9 Å². The summed E-state index contributed by atoms with van der Waals surface area (Å²) in [6.45, 7) is 2.98. The van der Waals surface area contributed by atoms with Crippen LogP contribution in [0.4, 0.5) is 0 Å². The zero-order valence-electron chi connectivity index (χ0n) is 7.45. The Morgan fingerprint density at radius 1 is 1.58 bits per heavy atom. The van der Waals surface area contributed by atoms with Gasteiger partial charge < -0.3 is 5.32 Å². The van der Waals surface area contributed by atoms with Gasteiger partial charge in [0, 0.05) is 6.54 Å². The number of aromatic nitrogens is 2. The summed E-state index contributed by atoms with van der Waals surface area (Å²) >= 11 is 3.52. The van der Waals surface area contributed by atoms with Crippen molar-refractivity contribution in [3.8, 4) is 0 Å². The molecule has 1 rings (SSSR count). The lowest BCUT2D eigenvalue weighted by atomic mass is 10.2. The fraction of sp³-hybridized carbons (Fsp3) is 0.625. The summed E-state index contributed by atoms with van der Waals surface area (Å²) in [6.07, 6.45) is 2.16. The van der Waals surface area contributed by atoms with Gasteiger partial charge in [-0.3, -0.25) is 5.10 Å². The summed E-state index contributed by atoms with van der Waals surface area (Å²) in [5.41, 5.74) is 2.25. The molecule has 0 aliphatic carbocycles. The summed E-state index contributed by atoms with van der Waals surface area (Å²) in [5.74, 6) is 0. The molecule has 0 unspecified atom stereocenters. The summed E-state index contributed by atoms with van der Waals surface area (Å²) in [4.78, 5) is 0. The van der Waals surface area contributed by atoms with Crippen molar-refractivity contribution in [2.75, 3.05) is 7.05 Å². The van der Waals surface area contributed by atoms with Crippen molar-refractivity contribution in [2.24, 2.45) is 0 Å². The first-order chi connectivity index (χ1) is 5.79. The van der Waals surface area contributed by atoms with E-state index in [0.29, 0.717) is 0 Å². The predicted molar refractivity (Wildman–Crippen MR) is 53.0 cm³/mol. The minimum absolute atomic E-state index is 0.831. The van der Waals surface area contributed by atoms with Crippen molar-refractivity contribution in [1.29, 1.82) is 0 Å². The summed E-state index contributed by atoms with van der Waals surface area (Å²) in [5, 5.41) is 10.3. The molecule has 0 radical (unpaired) electrons. The molecule has 12 heavy (non-hydrogen) atoms. The molecule has 68 valence electrons. The molecular weight excluding hydrogens is 218 g/mol. The van der Waals surface area contributed by atoms with E-state index in [9.17, 15) is 0 Å². The molecule has 0 saturated carbocycles. The molecule has 2 N–H and O–H groups in total. The minimum atomic E-state index is 0.831. The van der Waals surface area contributed by atoms with Gasteiger partial charge in [-0.05, 0) is 29.4 Å². The van der Waals surface area contributed by atoms with E-state index in [0.717, 1.165) is 35.2 Å². The lowest BCUT2D eigenvalue weighted by Gasteiger charge is -1.95. The fourth-order valence-corrected chi connectivity index (χ4v) is 1.62. The molecule has 1 aromatic heterocycles. The monoisotopic (exact) mass is 231 g/mol. The second-order valence-corrected chi connectivity index (χ2v) is 3.54. The number of aromatic amines is 1. The summed E-state index contributed by atoms with van der Waals surface area (Å²) in [6, 6.07) is 0. The number of nitrogens with zero attached hydrogens (tertiary/aromatic N) is 1. The van der Waals surface area contributed by atoms with Crippen LogP contribution in [0.25, 0.3) is 0 Å². The fourth-order valence-electron chi connectivity index (χ4n) is 1.10. The van der Waals surface area contributed by atoms with E-state index in [-0.39, 0.29) is 0 Å². The van der Waals surface area contributed by atoms with Crippen LogP contribution in [0.1, 0.15) is 24.7 Å². The first-order valence-electron chi connectivity index (χ1n) is 4.15. The molecule has 0 aromatic carbocycles. The van der Waals surface area contributed by atoms with Gasteiger partial charge in [-0.1, -0.05) is 13.3 Å². The Balaban J connectivity index is 2.74. The third-order valence-electron chi connectivity index (χ3n) is 1.68. The average Bonchev–Trinajstić information content (AvgIpc) is 2.38. The zero-order chi connectivity index (χ0) is 8.97. The van der Waals surface area contributed by atoms with Gasteiger partial charge in [0.1, 0.15) is 0 Å². The highest BCUT2D eigenvalue weighted by Gasteiger charge is 2.07. The van der Waals surface area contributed by atoms with Crippen LogP contribution < -0.4 is 5.32 Å². The van der Waals surface area contributed by atoms with Crippen LogP contribution in [0, 0.1) is 0 Å². The maximum absolute atomic E-state index is 4.21. The van der Waals surface area contributed by atoms with Gasteiger partial charge in [-0.25, -0.2) is 0 Å². The van der Waals surface area contributed by atoms with Crippen LogP contribution >= 0.6 is 15.9 Å². The van der Waals surface area contributed by atoms with E-state index in [1.165, 1.54) is 0 Å².